The van der Waals surface area contributed by atoms with Gasteiger partial charge >= 0.3 is 0 Å². The number of hydrogen-bond donors (Lipinski definition) is 1. The van der Waals surface area contributed by atoms with E-state index in [-0.39, 0.29) is 0 Å². The third-order valence-corrected chi connectivity index (χ3v) is 1.80. The molecule has 0 aliphatic carbocycles. The molecule has 9 heavy (non-hydrogen) atoms. The van der Waals surface area contributed by atoms with E-state index in [1.807, 2.05) is 19.2 Å². The number of aromatic nitrogens is 1. The van der Waals surface area contributed by atoms with E-state index < -0.39 is 0 Å². The molecule has 0 aliphatic rings. The summed E-state index contributed by atoms with van der Waals surface area (Å²) < 4.78 is 0.649. The van der Waals surface area contributed by atoms with Crippen LogP contribution in [-0.4, -0.2) is 4.98 Å². The highest BCUT2D eigenvalue weighted by Gasteiger charge is 1.79. The monoisotopic (exact) mass is 156 g/mol. The van der Waals surface area contributed by atoms with Gasteiger partial charge in [-0.3, -0.25) is 0 Å². The van der Waals surface area contributed by atoms with E-state index in [1.54, 1.807) is 0 Å². The van der Waals surface area contributed by atoms with E-state index in [0.717, 1.165) is 10.5 Å². The fraction of sp³-hybridized carbons (Fsp3) is 0.167. The van der Waals surface area contributed by atoms with Crippen LogP contribution in [0.1, 0.15) is 5.56 Å². The van der Waals surface area contributed by atoms with Crippen molar-refractivity contribution >= 4 is 24.8 Å². The SMILES string of the molecule is Cc1c[nH]c(=S)c([S-])c1. The Morgan fingerprint density at radius 3 is 2.78 bits per heavy atom. The summed E-state index contributed by atoms with van der Waals surface area (Å²) in [7, 11) is 0. The van der Waals surface area contributed by atoms with Crippen LogP contribution >= 0.6 is 12.2 Å². The smallest absolute Gasteiger partial charge is 0.0833 e. The van der Waals surface area contributed by atoms with Gasteiger partial charge < -0.3 is 17.6 Å². The van der Waals surface area contributed by atoms with Crippen molar-refractivity contribution in [3.8, 4) is 0 Å². The fourth-order valence-electron chi connectivity index (χ4n) is 0.565. The highest BCUT2D eigenvalue weighted by molar-refractivity contribution is 7.72. The highest BCUT2D eigenvalue weighted by Crippen LogP contribution is 2.01. The molecule has 1 aromatic heterocycles. The lowest BCUT2D eigenvalue weighted by Gasteiger charge is -2.04. The topological polar surface area (TPSA) is 15.8 Å². The van der Waals surface area contributed by atoms with Gasteiger partial charge in [0.2, 0.25) is 0 Å². The molecule has 0 unspecified atom stereocenters. The summed E-state index contributed by atoms with van der Waals surface area (Å²) in [5.74, 6) is 0. The Balaban J connectivity index is 3.34. The van der Waals surface area contributed by atoms with Gasteiger partial charge in [0.1, 0.15) is 0 Å². The van der Waals surface area contributed by atoms with Crippen LogP contribution in [-0.2, 0) is 12.6 Å². The van der Waals surface area contributed by atoms with Gasteiger partial charge in [0.15, 0.2) is 0 Å². The van der Waals surface area contributed by atoms with Crippen LogP contribution in [0.3, 0.4) is 0 Å². The van der Waals surface area contributed by atoms with E-state index in [4.69, 9.17) is 24.8 Å². The quantitative estimate of drug-likeness (QED) is 0.456. The van der Waals surface area contributed by atoms with E-state index >= 15 is 0 Å². The van der Waals surface area contributed by atoms with E-state index in [1.165, 1.54) is 0 Å². The molecular weight excluding hydrogens is 150 g/mol. The van der Waals surface area contributed by atoms with Crippen molar-refractivity contribution in [1.82, 2.24) is 4.98 Å². The molecule has 1 N–H and O–H groups in total. The predicted octanol–water partition coefficient (Wildman–Crippen LogP) is 1.96. The van der Waals surface area contributed by atoms with Crippen LogP contribution in [0.25, 0.3) is 0 Å². The first kappa shape index (κ1) is 6.71. The minimum Gasteiger partial charge on any atom is -0.777 e. The van der Waals surface area contributed by atoms with Gasteiger partial charge in [-0.25, -0.2) is 0 Å². The van der Waals surface area contributed by atoms with Crippen LogP contribution in [0.2, 0.25) is 0 Å². The van der Waals surface area contributed by atoms with Crippen molar-refractivity contribution in [3.63, 3.8) is 0 Å². The summed E-state index contributed by atoms with van der Waals surface area (Å²) in [5.41, 5.74) is 1.12. The first-order valence-corrected chi connectivity index (χ1v) is 3.38. The Morgan fingerprint density at radius 2 is 2.33 bits per heavy atom. The molecule has 0 saturated heterocycles. The molecule has 0 aromatic carbocycles. The number of H-pyrrole nitrogens is 1. The summed E-state index contributed by atoms with van der Waals surface area (Å²) in [4.78, 5) is 3.61. The van der Waals surface area contributed by atoms with E-state index in [9.17, 15) is 0 Å². The lowest BCUT2D eigenvalue weighted by molar-refractivity contribution is 1.17. The zero-order valence-electron chi connectivity index (χ0n) is 4.97. The van der Waals surface area contributed by atoms with E-state index in [2.05, 4.69) is 4.98 Å². The summed E-state index contributed by atoms with van der Waals surface area (Å²) in [6.07, 6.45) is 1.85. The summed E-state index contributed by atoms with van der Waals surface area (Å²) in [5, 5.41) is 0. The average Bonchev–Trinajstić information content (AvgIpc) is 1.80. The van der Waals surface area contributed by atoms with E-state index in [0.29, 0.717) is 4.64 Å². The summed E-state index contributed by atoms with van der Waals surface area (Å²) >= 11 is 9.76. The Morgan fingerprint density at radius 1 is 1.67 bits per heavy atom. The van der Waals surface area contributed by atoms with Crippen LogP contribution < -0.4 is 0 Å². The maximum atomic E-state index is 4.91. The van der Waals surface area contributed by atoms with Crippen LogP contribution in [0, 0.1) is 11.6 Å². The molecule has 3 heteroatoms. The molecule has 0 atom stereocenters. The zero-order valence-corrected chi connectivity index (χ0v) is 6.60. The van der Waals surface area contributed by atoms with Crippen LogP contribution in [0.4, 0.5) is 0 Å². The minimum absolute atomic E-state index is 0.649. The highest BCUT2D eigenvalue weighted by atomic mass is 32.1. The molecule has 0 saturated carbocycles. The Hall–Kier alpha value is -0.410. The van der Waals surface area contributed by atoms with Crippen LogP contribution in [0.5, 0.6) is 0 Å². The zero-order chi connectivity index (χ0) is 6.85. The third-order valence-electron chi connectivity index (χ3n) is 1.01. The van der Waals surface area contributed by atoms with Crippen molar-refractivity contribution in [3.05, 3.63) is 22.5 Å². The van der Waals surface area contributed by atoms with Gasteiger partial charge in [-0.1, -0.05) is 18.3 Å². The molecule has 0 fully saturated rings. The van der Waals surface area contributed by atoms with Gasteiger partial charge in [-0.05, 0) is 12.5 Å². The maximum absolute atomic E-state index is 4.91. The molecule has 48 valence electrons. The molecule has 1 aromatic rings. The third kappa shape index (κ3) is 1.50. The number of hydrogen-bond acceptors (Lipinski definition) is 2. The Kier molecular flexibility index (Phi) is 1.83. The van der Waals surface area contributed by atoms with Crippen molar-refractivity contribution in [1.29, 1.82) is 0 Å². The molecule has 0 bridgehead atoms. The summed E-state index contributed by atoms with van der Waals surface area (Å²) in [6.45, 7) is 1.97. The normalized spacial score (nSPS) is 9.44. The lowest BCUT2D eigenvalue weighted by Crippen LogP contribution is -1.80. The summed E-state index contributed by atoms with van der Waals surface area (Å²) in [6, 6.07) is 1.88. The van der Waals surface area contributed by atoms with Gasteiger partial charge in [0, 0.05) is 6.20 Å². The second-order valence-electron chi connectivity index (χ2n) is 1.87. The number of aromatic amines is 1. The van der Waals surface area contributed by atoms with Crippen molar-refractivity contribution in [2.75, 3.05) is 0 Å². The molecule has 0 amide bonds. The van der Waals surface area contributed by atoms with Gasteiger partial charge in [-0.2, -0.15) is 0 Å². The average molecular weight is 156 g/mol. The largest absolute Gasteiger partial charge is 0.777 e. The number of pyridine rings is 1. The second-order valence-corrected chi connectivity index (χ2v) is 2.72. The molecule has 1 nitrogen and oxygen atoms in total. The number of rotatable bonds is 0. The number of aryl methyl sites for hydroxylation is 1. The van der Waals surface area contributed by atoms with Crippen molar-refractivity contribution in [2.45, 2.75) is 11.8 Å². The Labute approximate surface area is 64.5 Å². The molecule has 0 aliphatic heterocycles. The standard InChI is InChI=1S/C6H7NS2/c1-4-2-5(8)6(9)7-3-4/h2-3,8H,1H3,(H,7,9)/p-1. The molecule has 1 rings (SSSR count). The van der Waals surface area contributed by atoms with Crippen LogP contribution in [0.15, 0.2) is 17.2 Å². The first-order valence-electron chi connectivity index (χ1n) is 2.56. The molecule has 0 radical (unpaired) electrons. The molecular formula is C6H6NS2-. The first-order chi connectivity index (χ1) is 4.20. The lowest BCUT2D eigenvalue weighted by atomic mass is 10.3. The van der Waals surface area contributed by atoms with Crippen molar-refractivity contribution in [2.24, 2.45) is 0 Å². The van der Waals surface area contributed by atoms with Crippen molar-refractivity contribution < 1.29 is 0 Å². The van der Waals surface area contributed by atoms with Gasteiger partial charge in [-0.15, -0.1) is 4.90 Å². The molecule has 0 spiro atoms. The fourth-order valence-corrected chi connectivity index (χ4v) is 0.927. The molecule has 1 heterocycles. The predicted molar refractivity (Wildman–Crippen MR) is 42.0 cm³/mol. The minimum atomic E-state index is 0.649. The second kappa shape index (κ2) is 2.45. The number of nitrogens with one attached hydrogen (secondary N) is 1. The van der Waals surface area contributed by atoms with Gasteiger partial charge in [0.05, 0.1) is 4.64 Å². The van der Waals surface area contributed by atoms with Gasteiger partial charge in [0.25, 0.3) is 0 Å². The maximum Gasteiger partial charge on any atom is 0.0833 e. The Bertz CT molecular complexity index is 264.